The van der Waals surface area contributed by atoms with Gasteiger partial charge in [-0.25, -0.2) is 4.79 Å². The van der Waals surface area contributed by atoms with Crippen LogP contribution in [-0.2, 0) is 4.79 Å². The number of aryl methyl sites for hydroxylation is 1. The highest BCUT2D eigenvalue weighted by Crippen LogP contribution is 2.23. The molecule has 0 spiro atoms. The molecule has 2 aromatic rings. The van der Waals surface area contributed by atoms with Gasteiger partial charge in [-0.3, -0.25) is 14.6 Å². The largest absolute Gasteiger partial charge is 0.457 e. The molecule has 4 rings (SSSR count). The van der Waals surface area contributed by atoms with Gasteiger partial charge in [-0.1, -0.05) is 29.8 Å². The first-order chi connectivity index (χ1) is 15.5. The highest BCUT2D eigenvalue weighted by atomic mass is 16.3. The molecule has 2 aliphatic heterocycles. The van der Waals surface area contributed by atoms with Crippen molar-refractivity contribution in [1.82, 2.24) is 19.6 Å². The normalized spacial score (nSPS) is 18.4. The van der Waals surface area contributed by atoms with Gasteiger partial charge in [-0.15, -0.1) is 0 Å². The Morgan fingerprint density at radius 2 is 1.66 bits per heavy atom. The topological polar surface area (TPSA) is 60.2 Å². The van der Waals surface area contributed by atoms with Crippen molar-refractivity contribution < 1.29 is 14.0 Å². The molecule has 3 heterocycles. The Morgan fingerprint density at radius 3 is 2.41 bits per heavy atom. The molecule has 0 unspecified atom stereocenters. The lowest BCUT2D eigenvalue weighted by Crippen LogP contribution is -2.44. The molecule has 2 fully saturated rings. The maximum Gasteiger partial charge on any atom is 0.331 e. The number of nitrogens with zero attached hydrogens (tertiary/aromatic N) is 4. The molecule has 3 amide bonds. The number of imide groups is 1. The highest BCUT2D eigenvalue weighted by molar-refractivity contribution is 6.02. The number of rotatable bonds is 8. The van der Waals surface area contributed by atoms with Crippen LogP contribution < -0.4 is 0 Å². The summed E-state index contributed by atoms with van der Waals surface area (Å²) in [7, 11) is 2.15. The second kappa shape index (κ2) is 10.1. The molecule has 1 aromatic heterocycles. The predicted molar refractivity (Wildman–Crippen MR) is 125 cm³/mol. The van der Waals surface area contributed by atoms with Gasteiger partial charge >= 0.3 is 6.03 Å². The van der Waals surface area contributed by atoms with Crippen molar-refractivity contribution in [2.24, 2.45) is 0 Å². The number of carbonyl (C=O) groups is 2. The molecule has 32 heavy (non-hydrogen) atoms. The van der Waals surface area contributed by atoms with Crippen LogP contribution in [0, 0.1) is 6.92 Å². The van der Waals surface area contributed by atoms with Crippen LogP contribution >= 0.6 is 0 Å². The molecule has 7 nitrogen and oxygen atoms in total. The number of unbranched alkanes of at least 4 members (excludes halogenated alkanes) is 1. The molecular formula is C25H32N4O3. The Labute approximate surface area is 189 Å². The molecule has 0 aliphatic carbocycles. The second-order valence-electron chi connectivity index (χ2n) is 8.69. The summed E-state index contributed by atoms with van der Waals surface area (Å²) < 4.78 is 5.87. The fourth-order valence-electron chi connectivity index (χ4n) is 4.05. The zero-order chi connectivity index (χ0) is 22.5. The third kappa shape index (κ3) is 5.47. The van der Waals surface area contributed by atoms with Crippen LogP contribution in [0.2, 0.25) is 0 Å². The number of urea groups is 1. The summed E-state index contributed by atoms with van der Waals surface area (Å²) >= 11 is 0. The van der Waals surface area contributed by atoms with Crippen LogP contribution in [0.15, 0.2) is 47.0 Å². The molecule has 0 N–H and O–H groups in total. The lowest BCUT2D eigenvalue weighted by atomic mass is 10.1. The summed E-state index contributed by atoms with van der Waals surface area (Å²) in [5, 5.41) is 0. The first kappa shape index (κ1) is 22.3. The van der Waals surface area contributed by atoms with E-state index in [-0.39, 0.29) is 18.5 Å². The molecule has 2 saturated heterocycles. The van der Waals surface area contributed by atoms with Crippen LogP contribution in [0.4, 0.5) is 4.79 Å². The third-order valence-electron chi connectivity index (χ3n) is 6.17. The van der Waals surface area contributed by atoms with Crippen molar-refractivity contribution in [3.63, 3.8) is 0 Å². The molecule has 2 aliphatic rings. The van der Waals surface area contributed by atoms with Crippen molar-refractivity contribution >= 4 is 18.0 Å². The summed E-state index contributed by atoms with van der Waals surface area (Å²) in [4.78, 5) is 32.6. The molecule has 7 heteroatoms. The van der Waals surface area contributed by atoms with Crippen LogP contribution in [-0.4, -0.2) is 84.4 Å². The lowest BCUT2D eigenvalue weighted by Gasteiger charge is -2.32. The Hall–Kier alpha value is -2.90. The van der Waals surface area contributed by atoms with E-state index in [9.17, 15) is 9.59 Å². The SMILES string of the molecule is Cc1ccc(-c2ccc(/C=C/N3CC(=O)N(CCCCN4CCN(C)CC4)C3=O)o2)cc1. The van der Waals surface area contributed by atoms with Crippen LogP contribution in [0.25, 0.3) is 17.4 Å². The van der Waals surface area contributed by atoms with Crippen molar-refractivity contribution in [2.75, 3.05) is 52.9 Å². The maximum absolute atomic E-state index is 12.7. The van der Waals surface area contributed by atoms with Gasteiger partial charge in [-0.2, -0.15) is 0 Å². The Morgan fingerprint density at radius 1 is 0.938 bits per heavy atom. The van der Waals surface area contributed by atoms with Crippen LogP contribution in [0.1, 0.15) is 24.2 Å². The summed E-state index contributed by atoms with van der Waals surface area (Å²) in [5.41, 5.74) is 2.20. The smallest absolute Gasteiger partial charge is 0.331 e. The van der Waals surface area contributed by atoms with Gasteiger partial charge in [0, 0.05) is 44.5 Å². The first-order valence-electron chi connectivity index (χ1n) is 11.4. The number of benzene rings is 1. The summed E-state index contributed by atoms with van der Waals surface area (Å²) in [5.74, 6) is 1.28. The van der Waals surface area contributed by atoms with E-state index in [0.29, 0.717) is 12.3 Å². The summed E-state index contributed by atoms with van der Waals surface area (Å²) in [6, 6.07) is 11.6. The van der Waals surface area contributed by atoms with E-state index in [1.807, 2.05) is 43.3 Å². The van der Waals surface area contributed by atoms with E-state index in [1.54, 1.807) is 12.3 Å². The van der Waals surface area contributed by atoms with Gasteiger partial charge in [0.15, 0.2) is 0 Å². The van der Waals surface area contributed by atoms with Crippen LogP contribution in [0.5, 0.6) is 0 Å². The zero-order valence-electron chi connectivity index (χ0n) is 19.0. The summed E-state index contributed by atoms with van der Waals surface area (Å²) in [6.45, 7) is 8.03. The van der Waals surface area contributed by atoms with Gasteiger partial charge in [0.1, 0.15) is 18.1 Å². The van der Waals surface area contributed by atoms with Gasteiger partial charge < -0.3 is 14.2 Å². The van der Waals surface area contributed by atoms with Crippen molar-refractivity contribution in [3.05, 3.63) is 53.9 Å². The van der Waals surface area contributed by atoms with Crippen molar-refractivity contribution in [1.29, 1.82) is 0 Å². The molecule has 1 aromatic carbocycles. The minimum Gasteiger partial charge on any atom is -0.457 e. The Kier molecular flexibility index (Phi) is 7.07. The van der Waals surface area contributed by atoms with E-state index in [0.717, 1.165) is 56.9 Å². The average molecular weight is 437 g/mol. The predicted octanol–water partition coefficient (Wildman–Crippen LogP) is 3.52. The fraction of sp³-hybridized carbons (Fsp3) is 0.440. The molecule has 0 saturated carbocycles. The van der Waals surface area contributed by atoms with E-state index >= 15 is 0 Å². The van der Waals surface area contributed by atoms with E-state index in [2.05, 4.69) is 16.8 Å². The van der Waals surface area contributed by atoms with Gasteiger partial charge in [0.2, 0.25) is 0 Å². The molecule has 0 bridgehead atoms. The maximum atomic E-state index is 12.7. The minimum atomic E-state index is -0.254. The van der Waals surface area contributed by atoms with E-state index < -0.39 is 0 Å². The number of hydrogen-bond acceptors (Lipinski definition) is 5. The van der Waals surface area contributed by atoms with Gasteiger partial charge in [0.05, 0.1) is 0 Å². The number of carbonyl (C=O) groups excluding carboxylic acids is 2. The lowest BCUT2D eigenvalue weighted by molar-refractivity contribution is -0.125. The minimum absolute atomic E-state index is 0.0827. The van der Waals surface area contributed by atoms with Gasteiger partial charge in [-0.05, 0) is 51.6 Å². The van der Waals surface area contributed by atoms with E-state index in [4.69, 9.17) is 4.42 Å². The quantitative estimate of drug-likeness (QED) is 0.468. The molecular weight excluding hydrogens is 404 g/mol. The molecule has 170 valence electrons. The van der Waals surface area contributed by atoms with E-state index in [1.165, 1.54) is 15.4 Å². The molecule has 0 atom stereocenters. The number of likely N-dealkylation sites (N-methyl/N-ethyl adjacent to an activating group) is 1. The van der Waals surface area contributed by atoms with Crippen molar-refractivity contribution in [3.8, 4) is 11.3 Å². The average Bonchev–Trinajstić information content (AvgIpc) is 3.36. The standard InChI is InChI=1S/C25H32N4O3/c1-20-5-7-21(8-6-20)23-10-9-22(32-23)11-14-28-19-24(30)29(25(28)31)13-4-3-12-27-17-15-26(2)16-18-27/h5-11,14H,3-4,12-13,15-19H2,1-2H3/b14-11+. The van der Waals surface area contributed by atoms with Gasteiger partial charge in [0.25, 0.3) is 5.91 Å². The van der Waals surface area contributed by atoms with Crippen molar-refractivity contribution in [2.45, 2.75) is 19.8 Å². The Bertz CT molecular complexity index is 958. The third-order valence-corrected chi connectivity index (χ3v) is 6.17. The monoisotopic (exact) mass is 436 g/mol. The second-order valence-corrected chi connectivity index (χ2v) is 8.69. The first-order valence-corrected chi connectivity index (χ1v) is 11.4. The number of hydrogen-bond donors (Lipinski definition) is 0. The number of amides is 3. The Balaban J connectivity index is 1.25. The highest BCUT2D eigenvalue weighted by Gasteiger charge is 2.34. The molecule has 0 radical (unpaired) electrons. The summed E-state index contributed by atoms with van der Waals surface area (Å²) in [6.07, 6.45) is 5.20. The van der Waals surface area contributed by atoms with Crippen LogP contribution in [0.3, 0.4) is 0 Å². The number of furan rings is 1. The number of piperazine rings is 1. The fourth-order valence-corrected chi connectivity index (χ4v) is 4.05. The zero-order valence-corrected chi connectivity index (χ0v) is 19.0.